The third kappa shape index (κ3) is 8.42. The number of halogens is 2. The van der Waals surface area contributed by atoms with Crippen molar-refractivity contribution in [2.45, 2.75) is 69.0 Å². The fourth-order valence-electron chi connectivity index (χ4n) is 5.53. The minimum atomic E-state index is -4.29. The summed E-state index contributed by atoms with van der Waals surface area (Å²) in [6.45, 7) is 1.29. The van der Waals surface area contributed by atoms with Crippen LogP contribution in [-0.4, -0.2) is 58.0 Å². The molecule has 0 saturated heterocycles. The van der Waals surface area contributed by atoms with Crippen LogP contribution in [-0.2, 0) is 26.2 Å². The number of nitrogens with zero attached hydrogens (tertiary/aromatic N) is 2. The van der Waals surface area contributed by atoms with E-state index in [0.717, 1.165) is 36.4 Å². The first-order valence-electron chi connectivity index (χ1n) is 14.9. The van der Waals surface area contributed by atoms with E-state index in [1.165, 1.54) is 37.3 Å². The molecule has 0 aliphatic heterocycles. The minimum Gasteiger partial charge on any atom is -0.493 e. The maximum absolute atomic E-state index is 14.3. The Labute approximate surface area is 275 Å². The average molecular weight is 677 g/mol. The zero-order chi connectivity index (χ0) is 32.6. The van der Waals surface area contributed by atoms with Gasteiger partial charge in [-0.1, -0.05) is 73.7 Å². The van der Waals surface area contributed by atoms with Crippen LogP contribution < -0.4 is 19.1 Å². The first kappa shape index (κ1) is 34.4. The Morgan fingerprint density at radius 1 is 0.911 bits per heavy atom. The molecule has 0 spiro atoms. The van der Waals surface area contributed by atoms with Crippen molar-refractivity contribution in [3.63, 3.8) is 0 Å². The van der Waals surface area contributed by atoms with Crippen LogP contribution >= 0.6 is 23.2 Å². The van der Waals surface area contributed by atoms with E-state index in [2.05, 4.69) is 5.32 Å². The summed E-state index contributed by atoms with van der Waals surface area (Å²) < 4.78 is 40.0. The van der Waals surface area contributed by atoms with Gasteiger partial charge in [0, 0.05) is 18.7 Å². The van der Waals surface area contributed by atoms with Crippen LogP contribution in [0.2, 0.25) is 10.0 Å². The second-order valence-electron chi connectivity index (χ2n) is 10.9. The Hall–Kier alpha value is -3.47. The molecular weight excluding hydrogens is 637 g/mol. The van der Waals surface area contributed by atoms with Gasteiger partial charge in [0.05, 0.1) is 34.8 Å². The van der Waals surface area contributed by atoms with E-state index in [1.807, 2.05) is 6.92 Å². The van der Waals surface area contributed by atoms with Crippen molar-refractivity contribution in [2.24, 2.45) is 0 Å². The van der Waals surface area contributed by atoms with Gasteiger partial charge in [0.25, 0.3) is 10.0 Å². The molecule has 12 heteroatoms. The monoisotopic (exact) mass is 675 g/mol. The Morgan fingerprint density at radius 3 is 2.22 bits per heavy atom. The van der Waals surface area contributed by atoms with Crippen molar-refractivity contribution in [1.82, 2.24) is 10.2 Å². The van der Waals surface area contributed by atoms with Crippen molar-refractivity contribution < 1.29 is 27.5 Å². The Morgan fingerprint density at radius 2 is 1.60 bits per heavy atom. The quantitative estimate of drug-likeness (QED) is 0.223. The zero-order valence-corrected chi connectivity index (χ0v) is 28.0. The number of carbonyl (C=O) groups is 2. The predicted octanol–water partition coefficient (Wildman–Crippen LogP) is 6.46. The van der Waals surface area contributed by atoms with E-state index in [9.17, 15) is 18.0 Å². The first-order valence-corrected chi connectivity index (χ1v) is 17.1. The lowest BCUT2D eigenvalue weighted by Crippen LogP contribution is -2.54. The highest BCUT2D eigenvalue weighted by molar-refractivity contribution is 7.92. The Balaban J connectivity index is 1.73. The van der Waals surface area contributed by atoms with Crippen LogP contribution in [0.4, 0.5) is 5.69 Å². The zero-order valence-electron chi connectivity index (χ0n) is 25.7. The summed E-state index contributed by atoms with van der Waals surface area (Å²) in [7, 11) is -1.42. The van der Waals surface area contributed by atoms with Gasteiger partial charge >= 0.3 is 0 Å². The molecule has 1 aliphatic rings. The third-order valence-electron chi connectivity index (χ3n) is 7.94. The van der Waals surface area contributed by atoms with Gasteiger partial charge in [0.15, 0.2) is 11.5 Å². The lowest BCUT2D eigenvalue weighted by Gasteiger charge is -2.34. The number of nitrogens with one attached hydrogen (secondary N) is 1. The number of benzene rings is 3. The molecule has 2 amide bonds. The highest BCUT2D eigenvalue weighted by Crippen LogP contribution is 2.32. The van der Waals surface area contributed by atoms with Gasteiger partial charge in [0.1, 0.15) is 12.6 Å². The van der Waals surface area contributed by atoms with E-state index in [0.29, 0.717) is 27.8 Å². The molecule has 0 radical (unpaired) electrons. The number of hydrogen-bond acceptors (Lipinski definition) is 6. The van der Waals surface area contributed by atoms with E-state index < -0.39 is 28.5 Å². The molecule has 1 N–H and O–H groups in total. The van der Waals surface area contributed by atoms with Crippen molar-refractivity contribution in [3.05, 3.63) is 82.3 Å². The van der Waals surface area contributed by atoms with Crippen LogP contribution in [0, 0.1) is 0 Å². The maximum Gasteiger partial charge on any atom is 0.264 e. The number of amides is 2. The molecule has 1 unspecified atom stereocenters. The van der Waals surface area contributed by atoms with Gasteiger partial charge in [0.2, 0.25) is 11.8 Å². The van der Waals surface area contributed by atoms with Gasteiger partial charge in [-0.05, 0) is 61.2 Å². The number of para-hydroxylation sites is 1. The summed E-state index contributed by atoms with van der Waals surface area (Å²) in [4.78, 5) is 29.4. The van der Waals surface area contributed by atoms with Crippen LogP contribution in [0.3, 0.4) is 0 Å². The number of hydrogen-bond donors (Lipinski definition) is 1. The lowest BCUT2D eigenvalue weighted by atomic mass is 9.95. The molecule has 1 saturated carbocycles. The minimum absolute atomic E-state index is 0.0192. The van der Waals surface area contributed by atoms with Crippen LogP contribution in [0.15, 0.2) is 71.6 Å². The highest BCUT2D eigenvalue weighted by Gasteiger charge is 2.35. The fourth-order valence-corrected chi connectivity index (χ4v) is 7.28. The molecular formula is C33H39Cl2N3O6S. The maximum atomic E-state index is 14.3. The van der Waals surface area contributed by atoms with Crippen LogP contribution in [0.25, 0.3) is 0 Å². The molecule has 1 fully saturated rings. The van der Waals surface area contributed by atoms with Gasteiger partial charge in [-0.15, -0.1) is 0 Å². The van der Waals surface area contributed by atoms with Gasteiger partial charge in [-0.2, -0.15) is 0 Å². The second kappa shape index (κ2) is 15.7. The molecule has 1 atom stereocenters. The second-order valence-corrected chi connectivity index (χ2v) is 13.6. The van der Waals surface area contributed by atoms with E-state index in [4.69, 9.17) is 32.7 Å². The number of ether oxygens (including phenoxy) is 2. The molecule has 3 aromatic carbocycles. The normalized spacial score (nSPS) is 14.3. The Kier molecular flexibility index (Phi) is 12.0. The number of carbonyl (C=O) groups excluding carboxylic acids is 2. The molecule has 1 aliphatic carbocycles. The standard InChI is InChI=1S/C33H39Cl2N3O6S/c1-4-29(33(40)36-24-11-7-5-8-12-24)37(21-23-15-17-27(34)28(35)19-23)32(39)22-38(25-13-9-6-10-14-25)45(41,42)26-16-18-30(43-2)31(20-26)44-3/h6,9-10,13-20,24,29H,4-5,7-8,11-12,21-22H2,1-3H3,(H,36,40). The van der Waals surface area contributed by atoms with Gasteiger partial charge < -0.3 is 19.7 Å². The topological polar surface area (TPSA) is 105 Å². The largest absolute Gasteiger partial charge is 0.493 e. The number of sulfonamides is 1. The summed E-state index contributed by atoms with van der Waals surface area (Å²) >= 11 is 12.4. The Bertz CT molecular complexity index is 1580. The summed E-state index contributed by atoms with van der Waals surface area (Å²) in [6, 6.07) is 16.8. The van der Waals surface area contributed by atoms with Gasteiger partial charge in [-0.3, -0.25) is 13.9 Å². The lowest BCUT2D eigenvalue weighted by molar-refractivity contribution is -0.140. The molecule has 9 nitrogen and oxygen atoms in total. The number of methoxy groups -OCH3 is 2. The number of rotatable bonds is 13. The summed E-state index contributed by atoms with van der Waals surface area (Å²) in [5.74, 6) is -0.239. The third-order valence-corrected chi connectivity index (χ3v) is 10.4. The van der Waals surface area contributed by atoms with Crippen LogP contribution in [0.1, 0.15) is 51.0 Å². The van der Waals surface area contributed by atoms with Crippen molar-refractivity contribution >= 4 is 50.7 Å². The molecule has 242 valence electrons. The molecule has 3 aromatic rings. The van der Waals surface area contributed by atoms with E-state index >= 15 is 0 Å². The predicted molar refractivity (Wildman–Crippen MR) is 177 cm³/mol. The fraction of sp³-hybridized carbons (Fsp3) is 0.394. The highest BCUT2D eigenvalue weighted by atomic mass is 35.5. The smallest absolute Gasteiger partial charge is 0.264 e. The molecule has 45 heavy (non-hydrogen) atoms. The van der Waals surface area contributed by atoms with Crippen molar-refractivity contribution in [2.75, 3.05) is 25.1 Å². The van der Waals surface area contributed by atoms with E-state index in [1.54, 1.807) is 48.5 Å². The van der Waals surface area contributed by atoms with Gasteiger partial charge in [-0.25, -0.2) is 8.42 Å². The summed E-state index contributed by atoms with van der Waals surface area (Å²) in [5, 5.41) is 3.80. The molecule has 0 aromatic heterocycles. The number of anilines is 1. The van der Waals surface area contributed by atoms with Crippen molar-refractivity contribution in [3.8, 4) is 11.5 Å². The molecule has 0 heterocycles. The van der Waals surface area contributed by atoms with Crippen molar-refractivity contribution in [1.29, 1.82) is 0 Å². The first-order chi connectivity index (χ1) is 21.6. The molecule has 4 rings (SSSR count). The SMILES string of the molecule is CCC(C(=O)NC1CCCCC1)N(Cc1ccc(Cl)c(Cl)c1)C(=O)CN(c1ccccc1)S(=O)(=O)c1ccc(OC)c(OC)c1. The van der Waals surface area contributed by atoms with E-state index in [-0.39, 0.29) is 34.8 Å². The molecule has 0 bridgehead atoms. The summed E-state index contributed by atoms with van der Waals surface area (Å²) in [6.07, 6.45) is 5.29. The average Bonchev–Trinajstić information content (AvgIpc) is 3.05. The summed E-state index contributed by atoms with van der Waals surface area (Å²) in [5.41, 5.74) is 0.936. The van der Waals surface area contributed by atoms with Crippen LogP contribution in [0.5, 0.6) is 11.5 Å².